The highest BCUT2D eigenvalue weighted by molar-refractivity contribution is 14.1. The van der Waals surface area contributed by atoms with E-state index in [2.05, 4.69) is 22.6 Å². The number of para-hydroxylation sites is 1. The maximum absolute atomic E-state index is 11.7. The van der Waals surface area contributed by atoms with Crippen molar-refractivity contribution in [3.63, 3.8) is 0 Å². The van der Waals surface area contributed by atoms with E-state index in [1.54, 1.807) is 0 Å². The number of aromatic nitrogens is 1. The topological polar surface area (TPSA) is 22.0 Å². The van der Waals surface area contributed by atoms with Gasteiger partial charge >= 0.3 is 0 Å². The summed E-state index contributed by atoms with van der Waals surface area (Å²) in [7, 11) is 1.95. The van der Waals surface area contributed by atoms with E-state index >= 15 is 0 Å². The van der Waals surface area contributed by atoms with Crippen LogP contribution in [-0.4, -0.2) is 4.57 Å². The van der Waals surface area contributed by atoms with Crippen LogP contribution in [0.1, 0.15) is 0 Å². The number of halogens is 1. The van der Waals surface area contributed by atoms with Gasteiger partial charge in [-0.1, -0.05) is 12.1 Å². The molecule has 0 spiro atoms. The first-order valence-corrected chi connectivity index (χ1v) is 5.02. The Kier molecular flexibility index (Phi) is 2.11. The lowest BCUT2D eigenvalue weighted by molar-refractivity contribution is 0.944. The van der Waals surface area contributed by atoms with Gasteiger partial charge in [0.25, 0.3) is 0 Å². The van der Waals surface area contributed by atoms with Crippen LogP contribution in [-0.2, 0) is 7.05 Å². The lowest BCUT2D eigenvalue weighted by Gasteiger charge is -2.04. The smallest absolute Gasteiger partial charge is 0.202 e. The van der Waals surface area contributed by atoms with E-state index in [1.165, 1.54) is 0 Å². The van der Waals surface area contributed by atoms with Gasteiger partial charge in [-0.2, -0.15) is 0 Å². The minimum Gasteiger partial charge on any atom is -0.349 e. The summed E-state index contributed by atoms with van der Waals surface area (Å²) in [4.78, 5) is 11.7. The van der Waals surface area contributed by atoms with Crippen LogP contribution < -0.4 is 5.43 Å². The van der Waals surface area contributed by atoms with E-state index in [1.807, 2.05) is 42.1 Å². The Morgan fingerprint density at radius 3 is 2.77 bits per heavy atom. The van der Waals surface area contributed by atoms with Crippen molar-refractivity contribution < 1.29 is 0 Å². The van der Waals surface area contributed by atoms with Gasteiger partial charge in [0, 0.05) is 18.6 Å². The minimum absolute atomic E-state index is 0.120. The molecule has 0 radical (unpaired) electrons. The molecule has 0 aliphatic rings. The fraction of sp³-hybridized carbons (Fsp3) is 0.100. The van der Waals surface area contributed by atoms with Crippen LogP contribution in [0.2, 0.25) is 0 Å². The SMILES string of the molecule is Cn1cc(I)c(=O)c2ccccc21. The summed E-state index contributed by atoms with van der Waals surface area (Å²) >= 11 is 2.06. The summed E-state index contributed by atoms with van der Waals surface area (Å²) in [6, 6.07) is 7.64. The molecule has 1 heterocycles. The average Bonchev–Trinajstić information content (AvgIpc) is 2.15. The Bertz CT molecular complexity index is 516. The van der Waals surface area contributed by atoms with E-state index in [0.717, 1.165) is 14.5 Å². The zero-order valence-electron chi connectivity index (χ0n) is 7.12. The second kappa shape index (κ2) is 3.14. The molecule has 3 heteroatoms. The summed E-state index contributed by atoms with van der Waals surface area (Å²) in [6.07, 6.45) is 1.85. The Hall–Kier alpha value is -0.840. The molecular weight excluding hydrogens is 277 g/mol. The monoisotopic (exact) mass is 285 g/mol. The first-order chi connectivity index (χ1) is 6.20. The van der Waals surface area contributed by atoms with Gasteiger partial charge in [0.05, 0.1) is 9.09 Å². The first-order valence-electron chi connectivity index (χ1n) is 3.94. The highest BCUT2D eigenvalue weighted by Gasteiger charge is 2.02. The van der Waals surface area contributed by atoms with E-state index in [9.17, 15) is 4.79 Å². The van der Waals surface area contributed by atoms with Crippen LogP contribution >= 0.6 is 22.6 Å². The quantitative estimate of drug-likeness (QED) is 0.680. The third kappa shape index (κ3) is 1.37. The molecule has 2 aromatic rings. The lowest BCUT2D eigenvalue weighted by atomic mass is 10.2. The Labute approximate surface area is 89.3 Å². The molecule has 0 atom stereocenters. The van der Waals surface area contributed by atoms with Crippen molar-refractivity contribution >= 4 is 33.5 Å². The minimum atomic E-state index is 0.120. The largest absolute Gasteiger partial charge is 0.349 e. The van der Waals surface area contributed by atoms with Gasteiger partial charge in [-0.3, -0.25) is 4.79 Å². The fourth-order valence-electron chi connectivity index (χ4n) is 1.40. The van der Waals surface area contributed by atoms with Gasteiger partial charge in [-0.15, -0.1) is 0 Å². The van der Waals surface area contributed by atoms with Gasteiger partial charge in [-0.25, -0.2) is 0 Å². The number of pyridine rings is 1. The molecule has 2 rings (SSSR count). The van der Waals surface area contributed by atoms with Crippen molar-refractivity contribution in [3.05, 3.63) is 44.3 Å². The van der Waals surface area contributed by atoms with Gasteiger partial charge in [0.2, 0.25) is 5.43 Å². The van der Waals surface area contributed by atoms with Gasteiger partial charge in [-0.05, 0) is 34.7 Å². The molecule has 0 fully saturated rings. The molecule has 1 aromatic carbocycles. The number of aryl methyl sites for hydroxylation is 1. The molecule has 13 heavy (non-hydrogen) atoms. The van der Waals surface area contributed by atoms with Crippen LogP contribution in [0, 0.1) is 3.57 Å². The van der Waals surface area contributed by atoms with Crippen molar-refractivity contribution in [2.24, 2.45) is 7.05 Å². The van der Waals surface area contributed by atoms with Crippen molar-refractivity contribution in [3.8, 4) is 0 Å². The fourth-order valence-corrected chi connectivity index (χ4v) is 2.11. The number of hydrogen-bond acceptors (Lipinski definition) is 1. The second-order valence-corrected chi connectivity index (χ2v) is 4.10. The Morgan fingerprint density at radius 1 is 1.31 bits per heavy atom. The van der Waals surface area contributed by atoms with E-state index in [-0.39, 0.29) is 5.43 Å². The highest BCUT2D eigenvalue weighted by Crippen LogP contribution is 2.10. The van der Waals surface area contributed by atoms with Crippen molar-refractivity contribution in [2.75, 3.05) is 0 Å². The van der Waals surface area contributed by atoms with Gasteiger partial charge in [0.15, 0.2) is 0 Å². The first kappa shape index (κ1) is 8.74. The molecule has 66 valence electrons. The normalized spacial score (nSPS) is 10.6. The Morgan fingerprint density at radius 2 is 2.00 bits per heavy atom. The highest BCUT2D eigenvalue weighted by atomic mass is 127. The van der Waals surface area contributed by atoms with E-state index in [4.69, 9.17) is 0 Å². The summed E-state index contributed by atoms with van der Waals surface area (Å²) < 4.78 is 2.73. The maximum atomic E-state index is 11.7. The van der Waals surface area contributed by atoms with E-state index in [0.29, 0.717) is 0 Å². The number of benzene rings is 1. The van der Waals surface area contributed by atoms with Crippen LogP contribution in [0.3, 0.4) is 0 Å². The summed E-state index contributed by atoms with van der Waals surface area (Å²) in [5.74, 6) is 0. The molecule has 0 unspecified atom stereocenters. The van der Waals surface area contributed by atoms with Crippen LogP contribution in [0.4, 0.5) is 0 Å². The number of rotatable bonds is 0. The molecule has 0 saturated carbocycles. The van der Waals surface area contributed by atoms with Gasteiger partial charge in [0.1, 0.15) is 0 Å². The zero-order chi connectivity index (χ0) is 9.42. The third-order valence-corrected chi connectivity index (χ3v) is 2.82. The molecule has 0 aliphatic heterocycles. The van der Waals surface area contributed by atoms with Crippen LogP contribution in [0.5, 0.6) is 0 Å². The predicted molar refractivity (Wildman–Crippen MR) is 61.9 cm³/mol. The van der Waals surface area contributed by atoms with Crippen LogP contribution in [0.15, 0.2) is 35.3 Å². The van der Waals surface area contributed by atoms with Crippen molar-refractivity contribution in [2.45, 2.75) is 0 Å². The molecule has 0 saturated heterocycles. The standard InChI is InChI=1S/C10H8INO/c1-12-6-8(11)10(13)7-4-2-3-5-9(7)12/h2-6H,1H3. The molecule has 0 amide bonds. The van der Waals surface area contributed by atoms with E-state index < -0.39 is 0 Å². The predicted octanol–water partition coefficient (Wildman–Crippen LogP) is 2.14. The van der Waals surface area contributed by atoms with Crippen molar-refractivity contribution in [1.82, 2.24) is 4.57 Å². The maximum Gasteiger partial charge on any atom is 0.202 e. The zero-order valence-corrected chi connectivity index (χ0v) is 9.28. The lowest BCUT2D eigenvalue weighted by Crippen LogP contribution is -2.09. The summed E-state index contributed by atoms with van der Waals surface area (Å²) in [5, 5.41) is 0.789. The molecule has 2 nitrogen and oxygen atoms in total. The number of nitrogens with zero attached hydrogens (tertiary/aromatic N) is 1. The third-order valence-electron chi connectivity index (χ3n) is 2.05. The Balaban J connectivity index is 3.06. The molecule has 1 aromatic heterocycles. The number of hydrogen-bond donors (Lipinski definition) is 0. The molecular formula is C10H8INO. The van der Waals surface area contributed by atoms with Gasteiger partial charge < -0.3 is 4.57 Å². The summed E-state index contributed by atoms with van der Waals surface area (Å²) in [5.41, 5.74) is 1.10. The average molecular weight is 285 g/mol. The molecule has 0 bridgehead atoms. The summed E-state index contributed by atoms with van der Waals surface area (Å²) in [6.45, 7) is 0. The second-order valence-electron chi connectivity index (χ2n) is 2.93. The van der Waals surface area contributed by atoms with Crippen molar-refractivity contribution in [1.29, 1.82) is 0 Å². The molecule has 0 N–H and O–H groups in total. The number of fused-ring (bicyclic) bond motifs is 1. The van der Waals surface area contributed by atoms with Crippen LogP contribution in [0.25, 0.3) is 10.9 Å². The molecule has 0 aliphatic carbocycles.